The Morgan fingerprint density at radius 1 is 1.60 bits per heavy atom. The molecule has 0 saturated heterocycles. The zero-order valence-corrected chi connectivity index (χ0v) is 8.90. The molecule has 2 aromatic heterocycles. The van der Waals surface area contributed by atoms with Gasteiger partial charge in [-0.25, -0.2) is 14.3 Å². The molecule has 80 valence electrons. The first-order valence-corrected chi connectivity index (χ1v) is 4.28. The lowest BCUT2D eigenvalue weighted by molar-refractivity contribution is 0.0528. The maximum Gasteiger partial charge on any atom is 0.343 e. The molecule has 0 bridgehead atoms. The number of carbonyl (C=O) groups excluding carboxylic acids is 1. The molecule has 0 aliphatic rings. The van der Waals surface area contributed by atoms with Gasteiger partial charge >= 0.3 is 5.97 Å². The lowest BCUT2D eigenvalue weighted by Gasteiger charge is -1.97. The van der Waals surface area contributed by atoms with E-state index in [9.17, 15) is 4.79 Å². The van der Waals surface area contributed by atoms with Gasteiger partial charge in [-0.2, -0.15) is 5.10 Å². The Morgan fingerprint density at radius 2 is 2.40 bits per heavy atom. The summed E-state index contributed by atoms with van der Waals surface area (Å²) in [6.07, 6.45) is 4.80. The highest BCUT2D eigenvalue weighted by atomic mass is 35.5. The monoisotopic (exact) mass is 227 g/mol. The minimum Gasteiger partial charge on any atom is -0.462 e. The number of aromatic nitrogens is 3. The first-order chi connectivity index (χ1) is 6.83. The van der Waals surface area contributed by atoms with Gasteiger partial charge in [-0.15, -0.1) is 12.4 Å². The molecule has 5 nitrogen and oxygen atoms in total. The van der Waals surface area contributed by atoms with Crippen molar-refractivity contribution in [2.45, 2.75) is 6.92 Å². The number of ether oxygens (including phenoxy) is 1. The highest BCUT2D eigenvalue weighted by Gasteiger charge is 2.13. The molecule has 15 heavy (non-hydrogen) atoms. The number of halogens is 1. The van der Waals surface area contributed by atoms with Gasteiger partial charge in [0.15, 0.2) is 5.65 Å². The van der Waals surface area contributed by atoms with Crippen molar-refractivity contribution in [2.24, 2.45) is 0 Å². The Kier molecular flexibility index (Phi) is 3.62. The third kappa shape index (κ3) is 2.07. The molecule has 0 aromatic carbocycles. The quantitative estimate of drug-likeness (QED) is 0.727. The van der Waals surface area contributed by atoms with E-state index in [0.29, 0.717) is 17.8 Å². The molecule has 0 N–H and O–H groups in total. The van der Waals surface area contributed by atoms with Crippen molar-refractivity contribution >= 4 is 24.0 Å². The summed E-state index contributed by atoms with van der Waals surface area (Å²) in [6.45, 7) is 2.11. The van der Waals surface area contributed by atoms with E-state index in [4.69, 9.17) is 4.74 Å². The van der Waals surface area contributed by atoms with Crippen molar-refractivity contribution in [2.75, 3.05) is 6.61 Å². The number of carbonyl (C=O) groups is 1. The molecule has 0 spiro atoms. The van der Waals surface area contributed by atoms with Crippen LogP contribution in [0.4, 0.5) is 0 Å². The second kappa shape index (κ2) is 4.75. The molecule has 2 rings (SSSR count). The minimum absolute atomic E-state index is 0. The van der Waals surface area contributed by atoms with E-state index >= 15 is 0 Å². The molecular weight excluding hydrogens is 218 g/mol. The summed E-state index contributed by atoms with van der Waals surface area (Å²) >= 11 is 0. The van der Waals surface area contributed by atoms with Crippen LogP contribution >= 0.6 is 12.4 Å². The lowest BCUT2D eigenvalue weighted by atomic mass is 10.3. The Hall–Kier alpha value is -1.62. The van der Waals surface area contributed by atoms with Crippen LogP contribution in [0, 0.1) is 0 Å². The molecule has 2 aromatic rings. The standard InChI is InChI=1S/C9H9N3O2.ClH/c1-2-14-9(13)7-6-11-12-5-3-4-10-8(7)12;/h3-6H,2H2,1H3;1H. The topological polar surface area (TPSA) is 56.5 Å². The Bertz CT molecular complexity index is 469. The van der Waals surface area contributed by atoms with Gasteiger partial charge in [0.2, 0.25) is 0 Å². The van der Waals surface area contributed by atoms with Gasteiger partial charge in [0.1, 0.15) is 5.56 Å². The van der Waals surface area contributed by atoms with Crippen LogP contribution in [0.5, 0.6) is 0 Å². The molecule has 0 atom stereocenters. The van der Waals surface area contributed by atoms with Crippen LogP contribution in [-0.2, 0) is 4.74 Å². The summed E-state index contributed by atoms with van der Waals surface area (Å²) in [6, 6.07) is 1.74. The lowest BCUT2D eigenvalue weighted by Crippen LogP contribution is -2.04. The highest BCUT2D eigenvalue weighted by molar-refractivity contribution is 5.95. The average molecular weight is 228 g/mol. The maximum atomic E-state index is 11.4. The molecule has 0 fully saturated rings. The fourth-order valence-electron chi connectivity index (χ4n) is 1.18. The zero-order valence-electron chi connectivity index (χ0n) is 8.08. The van der Waals surface area contributed by atoms with E-state index in [1.54, 1.807) is 25.4 Å². The smallest absolute Gasteiger partial charge is 0.343 e. The van der Waals surface area contributed by atoms with Crippen molar-refractivity contribution in [3.8, 4) is 0 Å². The molecule has 0 radical (unpaired) electrons. The summed E-state index contributed by atoms with van der Waals surface area (Å²) in [5.74, 6) is -0.388. The largest absolute Gasteiger partial charge is 0.462 e. The summed E-state index contributed by atoms with van der Waals surface area (Å²) in [5.41, 5.74) is 0.915. The number of esters is 1. The fourth-order valence-corrected chi connectivity index (χ4v) is 1.18. The summed E-state index contributed by atoms with van der Waals surface area (Å²) in [7, 11) is 0. The van der Waals surface area contributed by atoms with Gasteiger partial charge < -0.3 is 4.74 Å². The average Bonchev–Trinajstić information content (AvgIpc) is 2.61. The predicted octanol–water partition coefficient (Wildman–Crippen LogP) is 1.33. The number of fused-ring (bicyclic) bond motifs is 1. The van der Waals surface area contributed by atoms with Crippen LogP contribution in [0.15, 0.2) is 24.7 Å². The molecule has 2 heterocycles. The summed E-state index contributed by atoms with van der Waals surface area (Å²) < 4.78 is 6.40. The third-order valence-corrected chi connectivity index (χ3v) is 1.77. The second-order valence-corrected chi connectivity index (χ2v) is 2.67. The van der Waals surface area contributed by atoms with E-state index in [-0.39, 0.29) is 18.4 Å². The Morgan fingerprint density at radius 3 is 3.13 bits per heavy atom. The van der Waals surface area contributed by atoms with Crippen molar-refractivity contribution in [1.29, 1.82) is 0 Å². The zero-order chi connectivity index (χ0) is 9.97. The molecule has 0 amide bonds. The molecule has 0 saturated carbocycles. The normalized spacial score (nSPS) is 9.67. The first-order valence-electron chi connectivity index (χ1n) is 4.28. The highest BCUT2D eigenvalue weighted by Crippen LogP contribution is 2.07. The van der Waals surface area contributed by atoms with Gasteiger partial charge in [0.05, 0.1) is 12.8 Å². The fraction of sp³-hybridized carbons (Fsp3) is 0.222. The van der Waals surface area contributed by atoms with E-state index in [2.05, 4.69) is 10.1 Å². The Balaban J connectivity index is 0.00000112. The number of hydrogen-bond acceptors (Lipinski definition) is 4. The molecule has 0 aliphatic carbocycles. The van der Waals surface area contributed by atoms with Gasteiger partial charge in [-0.3, -0.25) is 0 Å². The van der Waals surface area contributed by atoms with E-state index in [0.717, 1.165) is 0 Å². The van der Waals surface area contributed by atoms with Crippen molar-refractivity contribution in [1.82, 2.24) is 14.6 Å². The van der Waals surface area contributed by atoms with E-state index in [1.807, 2.05) is 0 Å². The summed E-state index contributed by atoms with van der Waals surface area (Å²) in [4.78, 5) is 15.4. The van der Waals surface area contributed by atoms with Gasteiger partial charge in [0, 0.05) is 12.4 Å². The third-order valence-electron chi connectivity index (χ3n) is 1.77. The Labute approximate surface area is 92.5 Å². The molecular formula is C9H10ClN3O2. The van der Waals surface area contributed by atoms with Gasteiger partial charge in [0.25, 0.3) is 0 Å². The SMILES string of the molecule is CCOC(=O)c1cnn2cccnc12.Cl. The van der Waals surface area contributed by atoms with Crippen LogP contribution in [0.2, 0.25) is 0 Å². The van der Waals surface area contributed by atoms with Crippen LogP contribution in [0.25, 0.3) is 5.65 Å². The van der Waals surface area contributed by atoms with Crippen LogP contribution < -0.4 is 0 Å². The van der Waals surface area contributed by atoms with E-state index < -0.39 is 0 Å². The minimum atomic E-state index is -0.388. The van der Waals surface area contributed by atoms with Gasteiger partial charge in [-0.05, 0) is 13.0 Å². The first kappa shape index (κ1) is 11.5. The maximum absolute atomic E-state index is 11.4. The van der Waals surface area contributed by atoms with Crippen LogP contribution in [-0.4, -0.2) is 27.2 Å². The number of nitrogens with zero attached hydrogens (tertiary/aromatic N) is 3. The van der Waals surface area contributed by atoms with Crippen molar-refractivity contribution < 1.29 is 9.53 Å². The van der Waals surface area contributed by atoms with E-state index in [1.165, 1.54) is 10.7 Å². The molecule has 0 unspecified atom stereocenters. The van der Waals surface area contributed by atoms with Crippen molar-refractivity contribution in [3.63, 3.8) is 0 Å². The molecule has 0 aliphatic heterocycles. The second-order valence-electron chi connectivity index (χ2n) is 2.67. The van der Waals surface area contributed by atoms with Crippen LogP contribution in [0.3, 0.4) is 0 Å². The predicted molar refractivity (Wildman–Crippen MR) is 56.2 cm³/mol. The van der Waals surface area contributed by atoms with Gasteiger partial charge in [-0.1, -0.05) is 0 Å². The summed E-state index contributed by atoms with van der Waals surface area (Å²) in [5, 5.41) is 3.98. The number of rotatable bonds is 2. The number of hydrogen-bond donors (Lipinski definition) is 0. The molecule has 6 heteroatoms. The van der Waals surface area contributed by atoms with Crippen LogP contribution in [0.1, 0.15) is 17.3 Å². The van der Waals surface area contributed by atoms with Crippen molar-refractivity contribution in [3.05, 3.63) is 30.2 Å².